The molecule has 0 radical (unpaired) electrons. The average molecular weight is 295 g/mol. The summed E-state index contributed by atoms with van der Waals surface area (Å²) in [5.74, 6) is -0.381. The minimum atomic E-state index is -0.779. The summed E-state index contributed by atoms with van der Waals surface area (Å²) in [6, 6.07) is -0.431. The SMILES string of the molecule is CCCCNC(=O)CN1C(=O)N[C@@]2(CCCC[C@H]2C)C1=O. The number of hydrogen-bond donors (Lipinski definition) is 2. The smallest absolute Gasteiger partial charge is 0.325 e. The molecule has 1 spiro atoms. The fourth-order valence-electron chi connectivity index (χ4n) is 3.24. The van der Waals surface area contributed by atoms with Crippen molar-refractivity contribution in [3.8, 4) is 0 Å². The van der Waals surface area contributed by atoms with E-state index in [9.17, 15) is 14.4 Å². The van der Waals surface area contributed by atoms with Gasteiger partial charge >= 0.3 is 6.03 Å². The first-order valence-electron chi connectivity index (χ1n) is 7.92. The Balaban J connectivity index is 2.00. The van der Waals surface area contributed by atoms with E-state index in [4.69, 9.17) is 0 Å². The Morgan fingerprint density at radius 1 is 1.43 bits per heavy atom. The Kier molecular flexibility index (Phi) is 4.85. The number of amides is 4. The predicted octanol–water partition coefficient (Wildman–Crippen LogP) is 1.40. The Bertz CT molecular complexity index is 438. The van der Waals surface area contributed by atoms with Gasteiger partial charge in [-0.1, -0.05) is 33.1 Å². The van der Waals surface area contributed by atoms with Crippen molar-refractivity contribution in [1.82, 2.24) is 15.5 Å². The van der Waals surface area contributed by atoms with Gasteiger partial charge in [-0.05, 0) is 25.2 Å². The van der Waals surface area contributed by atoms with Crippen LogP contribution in [0.5, 0.6) is 0 Å². The molecule has 0 bridgehead atoms. The molecule has 1 aliphatic carbocycles. The quantitative estimate of drug-likeness (QED) is 0.594. The summed E-state index contributed by atoms with van der Waals surface area (Å²) in [6.07, 6.45) is 5.52. The molecule has 2 rings (SSSR count). The largest absolute Gasteiger partial charge is 0.355 e. The Morgan fingerprint density at radius 3 is 2.86 bits per heavy atom. The molecule has 0 aromatic carbocycles. The van der Waals surface area contributed by atoms with Gasteiger partial charge in [0, 0.05) is 6.54 Å². The van der Waals surface area contributed by atoms with Gasteiger partial charge in [0.1, 0.15) is 12.1 Å². The van der Waals surface area contributed by atoms with Crippen molar-refractivity contribution in [2.45, 2.75) is 57.9 Å². The van der Waals surface area contributed by atoms with E-state index in [0.717, 1.165) is 37.0 Å². The van der Waals surface area contributed by atoms with Crippen molar-refractivity contribution in [2.75, 3.05) is 13.1 Å². The molecule has 1 aliphatic heterocycles. The molecule has 2 atom stereocenters. The molecule has 2 aliphatic rings. The van der Waals surface area contributed by atoms with Gasteiger partial charge in [0.05, 0.1) is 0 Å². The highest BCUT2D eigenvalue weighted by atomic mass is 16.2. The van der Waals surface area contributed by atoms with Gasteiger partial charge in [-0.15, -0.1) is 0 Å². The maximum Gasteiger partial charge on any atom is 0.325 e. The van der Waals surface area contributed by atoms with Crippen LogP contribution in [0.1, 0.15) is 52.4 Å². The van der Waals surface area contributed by atoms with E-state index in [1.165, 1.54) is 0 Å². The molecule has 4 amide bonds. The van der Waals surface area contributed by atoms with E-state index >= 15 is 0 Å². The fraction of sp³-hybridized carbons (Fsp3) is 0.800. The zero-order chi connectivity index (χ0) is 15.5. The Morgan fingerprint density at radius 2 is 2.19 bits per heavy atom. The third-order valence-corrected chi connectivity index (χ3v) is 4.66. The summed E-state index contributed by atoms with van der Waals surface area (Å²) < 4.78 is 0. The fourth-order valence-corrected chi connectivity index (χ4v) is 3.24. The van der Waals surface area contributed by atoms with Crippen LogP contribution in [0.15, 0.2) is 0 Å². The molecule has 118 valence electrons. The lowest BCUT2D eigenvalue weighted by Gasteiger charge is -2.36. The molecule has 0 unspecified atom stereocenters. The van der Waals surface area contributed by atoms with Crippen LogP contribution < -0.4 is 10.6 Å². The van der Waals surface area contributed by atoms with Gasteiger partial charge in [0.25, 0.3) is 5.91 Å². The normalized spacial score (nSPS) is 28.9. The summed E-state index contributed by atoms with van der Waals surface area (Å²) >= 11 is 0. The number of nitrogens with one attached hydrogen (secondary N) is 2. The standard InChI is InChI=1S/C15H25N3O3/c1-3-4-9-16-12(19)10-18-13(20)15(17-14(18)21)8-6-5-7-11(15)2/h11H,3-10H2,1-2H3,(H,16,19)(H,17,21)/t11-,15-/m1/s1. The summed E-state index contributed by atoms with van der Waals surface area (Å²) in [4.78, 5) is 37.6. The van der Waals surface area contributed by atoms with Crippen LogP contribution >= 0.6 is 0 Å². The molecule has 0 aromatic heterocycles. The number of unbranched alkanes of at least 4 members (excludes halogenated alkanes) is 1. The first-order valence-corrected chi connectivity index (χ1v) is 7.92. The highest BCUT2D eigenvalue weighted by molar-refractivity contribution is 6.09. The van der Waals surface area contributed by atoms with E-state index in [0.29, 0.717) is 13.0 Å². The van der Waals surface area contributed by atoms with Crippen LogP contribution in [0.25, 0.3) is 0 Å². The number of rotatable bonds is 5. The summed E-state index contributed by atoms with van der Waals surface area (Å²) in [5.41, 5.74) is -0.779. The molecule has 6 heteroatoms. The van der Waals surface area contributed by atoms with E-state index in [2.05, 4.69) is 10.6 Å². The lowest BCUT2D eigenvalue weighted by Crippen LogP contribution is -2.54. The summed E-state index contributed by atoms with van der Waals surface area (Å²) in [7, 11) is 0. The molecule has 21 heavy (non-hydrogen) atoms. The third kappa shape index (κ3) is 3.04. The van der Waals surface area contributed by atoms with Gasteiger partial charge in [-0.25, -0.2) is 4.79 Å². The van der Waals surface area contributed by atoms with Gasteiger partial charge in [-0.3, -0.25) is 14.5 Å². The summed E-state index contributed by atoms with van der Waals surface area (Å²) in [6.45, 7) is 4.45. The van der Waals surface area contributed by atoms with Crippen LogP contribution in [0.4, 0.5) is 4.79 Å². The second-order valence-electron chi connectivity index (χ2n) is 6.14. The van der Waals surface area contributed by atoms with Crippen LogP contribution in [-0.2, 0) is 9.59 Å². The highest BCUT2D eigenvalue weighted by Crippen LogP contribution is 2.37. The van der Waals surface area contributed by atoms with Gasteiger partial charge in [0.2, 0.25) is 5.91 Å². The summed E-state index contributed by atoms with van der Waals surface area (Å²) in [5, 5.41) is 5.59. The van der Waals surface area contributed by atoms with Crippen molar-refractivity contribution in [1.29, 1.82) is 0 Å². The monoisotopic (exact) mass is 295 g/mol. The molecular weight excluding hydrogens is 270 g/mol. The Hall–Kier alpha value is -1.59. The third-order valence-electron chi connectivity index (χ3n) is 4.66. The van der Waals surface area contributed by atoms with Crippen LogP contribution in [-0.4, -0.2) is 41.4 Å². The van der Waals surface area contributed by atoms with Crippen molar-refractivity contribution in [2.24, 2.45) is 5.92 Å². The zero-order valence-corrected chi connectivity index (χ0v) is 12.9. The van der Waals surface area contributed by atoms with Crippen molar-refractivity contribution in [3.63, 3.8) is 0 Å². The predicted molar refractivity (Wildman–Crippen MR) is 78.5 cm³/mol. The van der Waals surface area contributed by atoms with Gasteiger partial charge < -0.3 is 10.6 Å². The van der Waals surface area contributed by atoms with Crippen molar-refractivity contribution in [3.05, 3.63) is 0 Å². The maximum atomic E-state index is 12.6. The van der Waals surface area contributed by atoms with Crippen LogP contribution in [0, 0.1) is 5.92 Å². The molecule has 2 N–H and O–H groups in total. The van der Waals surface area contributed by atoms with Gasteiger partial charge in [0.15, 0.2) is 0 Å². The van der Waals surface area contributed by atoms with Crippen molar-refractivity contribution >= 4 is 17.8 Å². The molecule has 1 saturated heterocycles. The van der Waals surface area contributed by atoms with E-state index < -0.39 is 11.6 Å². The van der Waals surface area contributed by atoms with Gasteiger partial charge in [-0.2, -0.15) is 0 Å². The number of carbonyl (C=O) groups is 3. The second-order valence-corrected chi connectivity index (χ2v) is 6.14. The number of nitrogens with zero attached hydrogens (tertiary/aromatic N) is 1. The number of carbonyl (C=O) groups excluding carboxylic acids is 3. The topological polar surface area (TPSA) is 78.5 Å². The molecule has 2 fully saturated rings. The Labute approximate surface area is 125 Å². The molecule has 0 aromatic rings. The minimum Gasteiger partial charge on any atom is -0.355 e. The number of imide groups is 1. The van der Waals surface area contributed by atoms with E-state index in [-0.39, 0.29) is 24.3 Å². The minimum absolute atomic E-state index is 0.121. The molecule has 6 nitrogen and oxygen atoms in total. The maximum absolute atomic E-state index is 12.6. The highest BCUT2D eigenvalue weighted by Gasteiger charge is 2.55. The zero-order valence-electron chi connectivity index (χ0n) is 12.9. The number of hydrogen-bond acceptors (Lipinski definition) is 3. The van der Waals surface area contributed by atoms with Crippen molar-refractivity contribution < 1.29 is 14.4 Å². The van der Waals surface area contributed by atoms with Crippen LogP contribution in [0.3, 0.4) is 0 Å². The molecular formula is C15H25N3O3. The first-order chi connectivity index (χ1) is 10.0. The lowest BCUT2D eigenvalue weighted by atomic mass is 9.73. The first kappa shape index (κ1) is 15.8. The van der Waals surface area contributed by atoms with Crippen LogP contribution in [0.2, 0.25) is 0 Å². The second kappa shape index (κ2) is 6.45. The lowest BCUT2D eigenvalue weighted by molar-refractivity contribution is -0.137. The van der Waals surface area contributed by atoms with E-state index in [1.54, 1.807) is 0 Å². The van der Waals surface area contributed by atoms with E-state index in [1.807, 2.05) is 13.8 Å². The molecule has 1 heterocycles. The number of urea groups is 1. The molecule has 1 saturated carbocycles. The average Bonchev–Trinajstić information content (AvgIpc) is 2.68.